The topological polar surface area (TPSA) is 84.7 Å². The molecule has 0 saturated carbocycles. The van der Waals surface area contributed by atoms with Crippen LogP contribution in [0.3, 0.4) is 0 Å². The Morgan fingerprint density at radius 1 is 1.45 bits per heavy atom. The Hall–Kier alpha value is -1.89. The van der Waals surface area contributed by atoms with Crippen LogP contribution in [0.15, 0.2) is 6.20 Å². The van der Waals surface area contributed by atoms with E-state index in [9.17, 15) is 9.59 Å². The molecule has 1 unspecified atom stereocenters. The van der Waals surface area contributed by atoms with E-state index in [-0.39, 0.29) is 25.1 Å². The zero-order chi connectivity index (χ0) is 16.3. The molecule has 1 aliphatic heterocycles. The Balaban J connectivity index is 2.18. The van der Waals surface area contributed by atoms with Crippen LogP contribution in [-0.4, -0.2) is 57.5 Å². The van der Waals surface area contributed by atoms with Crippen LogP contribution in [0.25, 0.3) is 0 Å². The van der Waals surface area contributed by atoms with Crippen molar-refractivity contribution in [2.75, 3.05) is 19.7 Å². The van der Waals surface area contributed by atoms with E-state index >= 15 is 0 Å². The first-order chi connectivity index (χ1) is 10.5. The van der Waals surface area contributed by atoms with Gasteiger partial charge in [0.15, 0.2) is 6.10 Å². The van der Waals surface area contributed by atoms with E-state index in [1.807, 2.05) is 11.6 Å². The third-order valence-electron chi connectivity index (χ3n) is 4.19. The number of amides is 1. The highest BCUT2D eigenvalue weighted by atomic mass is 16.5. The standard InChI is InChI=1S/C15H23N3O4/c1-4-11(5-2)18-10(3)12(8-16-18)14(19)17-6-7-22-13(9-17)15(20)21/h8,11,13H,4-7,9H2,1-3H3,(H,20,21). The fourth-order valence-corrected chi connectivity index (χ4v) is 2.79. The molecule has 0 bridgehead atoms. The number of aromatic nitrogens is 2. The number of morpholine rings is 1. The molecule has 7 nitrogen and oxygen atoms in total. The van der Waals surface area contributed by atoms with E-state index < -0.39 is 12.1 Å². The van der Waals surface area contributed by atoms with E-state index in [0.717, 1.165) is 18.5 Å². The largest absolute Gasteiger partial charge is 0.479 e. The summed E-state index contributed by atoms with van der Waals surface area (Å²) in [5, 5.41) is 13.4. The lowest BCUT2D eigenvalue weighted by atomic mass is 10.1. The number of aliphatic carboxylic acids is 1. The third-order valence-corrected chi connectivity index (χ3v) is 4.19. The summed E-state index contributed by atoms with van der Waals surface area (Å²) in [7, 11) is 0. The van der Waals surface area contributed by atoms with Gasteiger partial charge >= 0.3 is 5.97 Å². The molecule has 1 aromatic rings. The number of carbonyl (C=O) groups is 2. The minimum atomic E-state index is -1.04. The number of carboxylic acid groups (broad SMARTS) is 1. The van der Waals surface area contributed by atoms with Crippen LogP contribution in [-0.2, 0) is 9.53 Å². The van der Waals surface area contributed by atoms with Gasteiger partial charge in [-0.25, -0.2) is 4.79 Å². The summed E-state index contributed by atoms with van der Waals surface area (Å²) in [4.78, 5) is 25.2. The fraction of sp³-hybridized carbons (Fsp3) is 0.667. The van der Waals surface area contributed by atoms with Crippen molar-refractivity contribution < 1.29 is 19.4 Å². The van der Waals surface area contributed by atoms with Gasteiger partial charge in [0, 0.05) is 12.2 Å². The number of rotatable bonds is 5. The van der Waals surface area contributed by atoms with Crippen molar-refractivity contribution in [1.82, 2.24) is 14.7 Å². The lowest BCUT2D eigenvalue weighted by Gasteiger charge is -2.30. The molecule has 1 saturated heterocycles. The summed E-state index contributed by atoms with van der Waals surface area (Å²) in [5.74, 6) is -1.22. The summed E-state index contributed by atoms with van der Waals surface area (Å²) in [6, 6.07) is 0.276. The van der Waals surface area contributed by atoms with E-state index in [0.29, 0.717) is 12.1 Å². The van der Waals surface area contributed by atoms with Crippen LogP contribution in [0.4, 0.5) is 0 Å². The van der Waals surface area contributed by atoms with Crippen molar-refractivity contribution in [2.45, 2.75) is 45.8 Å². The second kappa shape index (κ2) is 6.91. The van der Waals surface area contributed by atoms with E-state index in [1.165, 1.54) is 4.90 Å². The van der Waals surface area contributed by atoms with Crippen molar-refractivity contribution in [3.8, 4) is 0 Å². The molecule has 0 aromatic carbocycles. The molecule has 1 fully saturated rings. The average molecular weight is 309 g/mol. The maximum absolute atomic E-state index is 12.6. The molecule has 2 heterocycles. The minimum Gasteiger partial charge on any atom is -0.479 e. The van der Waals surface area contributed by atoms with E-state index in [2.05, 4.69) is 18.9 Å². The number of carboxylic acids is 1. The molecule has 0 aliphatic carbocycles. The second-order valence-electron chi connectivity index (χ2n) is 5.51. The summed E-state index contributed by atoms with van der Waals surface area (Å²) >= 11 is 0. The SMILES string of the molecule is CCC(CC)n1ncc(C(=O)N2CCOC(C(=O)O)C2)c1C. The molecule has 0 spiro atoms. The molecule has 2 rings (SSSR count). The molecule has 1 aromatic heterocycles. The second-order valence-corrected chi connectivity index (χ2v) is 5.51. The molecule has 22 heavy (non-hydrogen) atoms. The molecular weight excluding hydrogens is 286 g/mol. The molecule has 122 valence electrons. The van der Waals surface area contributed by atoms with Gasteiger partial charge in [0.1, 0.15) is 0 Å². The Labute approximate surface area is 129 Å². The van der Waals surface area contributed by atoms with Gasteiger partial charge < -0.3 is 14.7 Å². The van der Waals surface area contributed by atoms with Gasteiger partial charge in [-0.05, 0) is 19.8 Å². The number of ether oxygens (including phenoxy) is 1. The van der Waals surface area contributed by atoms with Crippen molar-refractivity contribution >= 4 is 11.9 Å². The van der Waals surface area contributed by atoms with Gasteiger partial charge in [-0.1, -0.05) is 13.8 Å². The molecule has 1 atom stereocenters. The lowest BCUT2D eigenvalue weighted by molar-refractivity contribution is -0.154. The Morgan fingerprint density at radius 3 is 2.73 bits per heavy atom. The molecule has 0 radical (unpaired) electrons. The Morgan fingerprint density at radius 2 is 2.14 bits per heavy atom. The number of carbonyl (C=O) groups excluding carboxylic acids is 1. The third kappa shape index (κ3) is 3.14. The maximum Gasteiger partial charge on any atom is 0.334 e. The van der Waals surface area contributed by atoms with Gasteiger partial charge in [0.2, 0.25) is 0 Å². The van der Waals surface area contributed by atoms with Gasteiger partial charge in [0.25, 0.3) is 5.91 Å². The molecule has 7 heteroatoms. The van der Waals surface area contributed by atoms with Gasteiger partial charge in [-0.3, -0.25) is 9.48 Å². The highest BCUT2D eigenvalue weighted by Crippen LogP contribution is 2.21. The highest BCUT2D eigenvalue weighted by molar-refractivity contribution is 5.95. The van der Waals surface area contributed by atoms with Crippen molar-refractivity contribution in [3.05, 3.63) is 17.5 Å². The summed E-state index contributed by atoms with van der Waals surface area (Å²) in [6.07, 6.45) is 2.53. The van der Waals surface area contributed by atoms with Crippen LogP contribution < -0.4 is 0 Å². The Bertz CT molecular complexity index is 551. The van der Waals surface area contributed by atoms with Crippen molar-refractivity contribution in [3.63, 3.8) is 0 Å². The molecule has 1 N–H and O–H groups in total. The number of hydrogen-bond acceptors (Lipinski definition) is 4. The molecule has 1 amide bonds. The van der Waals surface area contributed by atoms with Crippen LogP contribution in [0, 0.1) is 6.92 Å². The lowest BCUT2D eigenvalue weighted by Crippen LogP contribution is -2.48. The monoisotopic (exact) mass is 309 g/mol. The predicted octanol–water partition coefficient (Wildman–Crippen LogP) is 1.48. The van der Waals surface area contributed by atoms with Gasteiger partial charge in [-0.15, -0.1) is 0 Å². The van der Waals surface area contributed by atoms with Crippen molar-refractivity contribution in [1.29, 1.82) is 0 Å². The first kappa shape index (κ1) is 16.5. The average Bonchev–Trinajstić information content (AvgIpc) is 2.90. The minimum absolute atomic E-state index is 0.0732. The van der Waals surface area contributed by atoms with Crippen LogP contribution in [0.5, 0.6) is 0 Å². The summed E-state index contributed by atoms with van der Waals surface area (Å²) in [5.41, 5.74) is 1.37. The summed E-state index contributed by atoms with van der Waals surface area (Å²) in [6.45, 7) is 6.78. The summed E-state index contributed by atoms with van der Waals surface area (Å²) < 4.78 is 7.04. The zero-order valence-electron chi connectivity index (χ0n) is 13.3. The molecular formula is C15H23N3O4. The fourth-order valence-electron chi connectivity index (χ4n) is 2.79. The van der Waals surface area contributed by atoms with Crippen molar-refractivity contribution in [2.24, 2.45) is 0 Å². The first-order valence-corrected chi connectivity index (χ1v) is 7.67. The van der Waals surface area contributed by atoms with Crippen LogP contribution >= 0.6 is 0 Å². The van der Waals surface area contributed by atoms with Crippen LogP contribution in [0.2, 0.25) is 0 Å². The predicted molar refractivity (Wildman–Crippen MR) is 79.9 cm³/mol. The highest BCUT2D eigenvalue weighted by Gasteiger charge is 2.31. The first-order valence-electron chi connectivity index (χ1n) is 7.67. The van der Waals surface area contributed by atoms with Gasteiger partial charge in [-0.2, -0.15) is 5.10 Å². The Kier molecular flexibility index (Phi) is 5.18. The normalized spacial score (nSPS) is 18.7. The van der Waals surface area contributed by atoms with E-state index in [1.54, 1.807) is 6.20 Å². The maximum atomic E-state index is 12.6. The quantitative estimate of drug-likeness (QED) is 0.890. The smallest absolute Gasteiger partial charge is 0.334 e. The number of hydrogen-bond donors (Lipinski definition) is 1. The van der Waals surface area contributed by atoms with E-state index in [4.69, 9.17) is 9.84 Å². The van der Waals surface area contributed by atoms with Gasteiger partial charge in [0.05, 0.1) is 31.0 Å². The van der Waals surface area contributed by atoms with Crippen LogP contribution in [0.1, 0.15) is 48.8 Å². The zero-order valence-corrected chi connectivity index (χ0v) is 13.3. The molecule has 1 aliphatic rings. The number of nitrogens with zero attached hydrogens (tertiary/aromatic N) is 3.